The van der Waals surface area contributed by atoms with Crippen LogP contribution in [0.25, 0.3) is 0 Å². The molecule has 0 aliphatic heterocycles. The molecule has 8 heteroatoms. The van der Waals surface area contributed by atoms with Crippen molar-refractivity contribution in [2.45, 2.75) is 20.2 Å². The zero-order valence-electron chi connectivity index (χ0n) is 14.1. The average Bonchev–Trinajstić information content (AvgIpc) is 2.41. The highest BCUT2D eigenvalue weighted by Crippen LogP contribution is 2.33. The van der Waals surface area contributed by atoms with Gasteiger partial charge in [0.25, 0.3) is 5.56 Å². The number of rotatable bonds is 9. The molecule has 0 saturated carbocycles. The minimum Gasteiger partial charge on any atom is -0.497 e. The van der Waals surface area contributed by atoms with Crippen LogP contribution in [0.1, 0.15) is 6.92 Å². The van der Waals surface area contributed by atoms with Crippen molar-refractivity contribution in [2.24, 2.45) is 0 Å². The Bertz CT molecular complexity index is 661. The van der Waals surface area contributed by atoms with Crippen molar-refractivity contribution < 1.29 is 9.47 Å². The molecule has 23 heavy (non-hydrogen) atoms. The van der Waals surface area contributed by atoms with Gasteiger partial charge in [-0.15, -0.1) is 0 Å². The molecule has 0 amide bonds. The third-order valence-corrected chi connectivity index (χ3v) is 4.68. The summed E-state index contributed by atoms with van der Waals surface area (Å²) in [6, 6.07) is 1.19. The molecule has 0 fully saturated rings. The fraction of sp³-hybridized carbons (Fsp3) is 0.600. The maximum Gasteiger partial charge on any atom is 0.334 e. The van der Waals surface area contributed by atoms with E-state index in [-0.39, 0.29) is 18.4 Å². The van der Waals surface area contributed by atoms with E-state index in [9.17, 15) is 9.59 Å². The number of hydrogen-bond acceptors (Lipinski definition) is 4. The SMILES string of the molecule is C=C(Cn1c(=O)cc(Cl)n(COCCS(C)(C)C)c1=O)OCC. The quantitative estimate of drug-likeness (QED) is 0.381. The molecule has 0 aromatic carbocycles. The van der Waals surface area contributed by atoms with Gasteiger partial charge in [0.2, 0.25) is 0 Å². The van der Waals surface area contributed by atoms with E-state index in [0.717, 1.165) is 10.3 Å². The first-order valence-electron chi connectivity index (χ1n) is 7.20. The molecular formula is C15H25ClN2O4S. The Morgan fingerprint density at radius 2 is 1.96 bits per heavy atom. The summed E-state index contributed by atoms with van der Waals surface area (Å²) in [4.78, 5) is 24.4. The van der Waals surface area contributed by atoms with E-state index in [1.807, 2.05) is 0 Å². The highest BCUT2D eigenvalue weighted by Gasteiger charge is 2.12. The van der Waals surface area contributed by atoms with E-state index in [2.05, 4.69) is 25.3 Å². The molecule has 0 unspecified atom stereocenters. The van der Waals surface area contributed by atoms with Crippen LogP contribution >= 0.6 is 21.6 Å². The second-order valence-electron chi connectivity index (χ2n) is 5.91. The van der Waals surface area contributed by atoms with E-state index in [1.165, 1.54) is 10.6 Å². The second-order valence-corrected chi connectivity index (χ2v) is 10.9. The van der Waals surface area contributed by atoms with Crippen molar-refractivity contribution in [3.8, 4) is 0 Å². The zero-order chi connectivity index (χ0) is 17.6. The lowest BCUT2D eigenvalue weighted by Crippen LogP contribution is -2.40. The summed E-state index contributed by atoms with van der Waals surface area (Å²) in [5, 5.41) is 0.0568. The summed E-state index contributed by atoms with van der Waals surface area (Å²) in [5.41, 5.74) is -1.03. The van der Waals surface area contributed by atoms with Gasteiger partial charge in [0.05, 0.1) is 19.8 Å². The number of aromatic nitrogens is 2. The Morgan fingerprint density at radius 1 is 1.30 bits per heavy atom. The molecule has 0 spiro atoms. The Hall–Kier alpha value is -1.18. The van der Waals surface area contributed by atoms with Crippen LogP contribution in [0, 0.1) is 0 Å². The lowest BCUT2D eigenvalue weighted by molar-refractivity contribution is 0.0848. The van der Waals surface area contributed by atoms with Gasteiger partial charge >= 0.3 is 5.69 Å². The summed E-state index contributed by atoms with van der Waals surface area (Å²) < 4.78 is 13.0. The fourth-order valence-electron chi connectivity index (χ4n) is 1.74. The number of allylic oxidation sites excluding steroid dienone is 1. The van der Waals surface area contributed by atoms with Gasteiger partial charge in [-0.1, -0.05) is 18.2 Å². The van der Waals surface area contributed by atoms with Crippen LogP contribution in [-0.2, 0) is 22.7 Å². The molecule has 1 aromatic rings. The van der Waals surface area contributed by atoms with Crippen LogP contribution in [0.3, 0.4) is 0 Å². The summed E-state index contributed by atoms with van der Waals surface area (Å²) in [6.45, 7) is 6.45. The second kappa shape index (κ2) is 8.61. The third kappa shape index (κ3) is 6.45. The lowest BCUT2D eigenvalue weighted by atomic mass is 10.5. The molecule has 0 bridgehead atoms. The lowest BCUT2D eigenvalue weighted by Gasteiger charge is -2.24. The van der Waals surface area contributed by atoms with Gasteiger partial charge in [-0.05, 0) is 25.7 Å². The predicted molar refractivity (Wildman–Crippen MR) is 96.9 cm³/mol. The van der Waals surface area contributed by atoms with Crippen molar-refractivity contribution in [1.29, 1.82) is 0 Å². The first kappa shape index (κ1) is 19.9. The molecule has 0 N–H and O–H groups in total. The van der Waals surface area contributed by atoms with Crippen LogP contribution in [0.5, 0.6) is 0 Å². The Morgan fingerprint density at radius 3 is 2.52 bits per heavy atom. The van der Waals surface area contributed by atoms with Gasteiger partial charge in [0, 0.05) is 11.8 Å². The number of halogens is 1. The molecule has 132 valence electrons. The van der Waals surface area contributed by atoms with E-state index < -0.39 is 21.3 Å². The molecule has 0 radical (unpaired) electrons. The van der Waals surface area contributed by atoms with Gasteiger partial charge in [-0.25, -0.2) is 14.8 Å². The third-order valence-electron chi connectivity index (χ3n) is 2.97. The van der Waals surface area contributed by atoms with Crippen LogP contribution < -0.4 is 11.2 Å². The van der Waals surface area contributed by atoms with Gasteiger partial charge in [-0.2, -0.15) is 0 Å². The number of ether oxygens (including phenoxy) is 2. The van der Waals surface area contributed by atoms with Gasteiger partial charge in [0.1, 0.15) is 17.6 Å². The molecule has 6 nitrogen and oxygen atoms in total. The van der Waals surface area contributed by atoms with Gasteiger partial charge in [-0.3, -0.25) is 13.9 Å². The maximum atomic E-state index is 12.4. The molecule has 1 rings (SSSR count). The Labute approximate surface area is 143 Å². The van der Waals surface area contributed by atoms with Crippen molar-refractivity contribution in [3.63, 3.8) is 0 Å². The first-order valence-corrected chi connectivity index (χ1v) is 10.6. The van der Waals surface area contributed by atoms with Crippen LogP contribution in [0.4, 0.5) is 0 Å². The minimum absolute atomic E-state index is 0.00514. The molecule has 0 saturated heterocycles. The standard InChI is InChI=1S/C15H25ClN2O4S/c1-6-22-12(2)10-17-14(19)9-13(16)18(15(17)20)11-21-7-8-23(3,4)5/h9H,2,6-8,10-11H2,1,3-5H3. The zero-order valence-corrected chi connectivity index (χ0v) is 15.7. The van der Waals surface area contributed by atoms with Crippen LogP contribution in [0.15, 0.2) is 28.0 Å². The number of nitrogens with zero attached hydrogens (tertiary/aromatic N) is 2. The molecular weight excluding hydrogens is 340 g/mol. The molecule has 0 atom stereocenters. The van der Waals surface area contributed by atoms with E-state index >= 15 is 0 Å². The summed E-state index contributed by atoms with van der Waals surface area (Å²) in [5.74, 6) is 1.28. The summed E-state index contributed by atoms with van der Waals surface area (Å²) in [7, 11) is -0.665. The topological polar surface area (TPSA) is 62.5 Å². The summed E-state index contributed by atoms with van der Waals surface area (Å²) in [6.07, 6.45) is 6.57. The van der Waals surface area contributed by atoms with Gasteiger partial charge in [0.15, 0.2) is 0 Å². The van der Waals surface area contributed by atoms with Gasteiger partial charge < -0.3 is 9.47 Å². The maximum absolute atomic E-state index is 12.4. The van der Waals surface area contributed by atoms with Crippen LogP contribution in [-0.4, -0.2) is 46.9 Å². The van der Waals surface area contributed by atoms with Crippen molar-refractivity contribution in [3.05, 3.63) is 44.4 Å². The monoisotopic (exact) mass is 364 g/mol. The number of hydrogen-bond donors (Lipinski definition) is 0. The molecule has 1 aromatic heterocycles. The highest BCUT2D eigenvalue weighted by molar-refractivity contribution is 8.32. The highest BCUT2D eigenvalue weighted by atomic mass is 35.5. The summed E-state index contributed by atoms with van der Waals surface area (Å²) >= 11 is 5.99. The largest absolute Gasteiger partial charge is 0.497 e. The average molecular weight is 365 g/mol. The predicted octanol–water partition coefficient (Wildman–Crippen LogP) is 1.88. The first-order chi connectivity index (χ1) is 10.7. The van der Waals surface area contributed by atoms with Crippen LogP contribution in [0.2, 0.25) is 5.15 Å². The smallest absolute Gasteiger partial charge is 0.334 e. The molecule has 0 aliphatic carbocycles. The Balaban J connectivity index is 2.90. The molecule has 1 heterocycles. The minimum atomic E-state index is -0.665. The van der Waals surface area contributed by atoms with E-state index in [1.54, 1.807) is 6.92 Å². The van der Waals surface area contributed by atoms with E-state index in [4.69, 9.17) is 21.1 Å². The molecule has 0 aliphatic rings. The normalized spacial score (nSPS) is 12.2. The van der Waals surface area contributed by atoms with Crippen molar-refractivity contribution in [2.75, 3.05) is 37.7 Å². The van der Waals surface area contributed by atoms with E-state index in [0.29, 0.717) is 19.0 Å². The van der Waals surface area contributed by atoms with Crippen molar-refractivity contribution >= 4 is 21.6 Å². The van der Waals surface area contributed by atoms with Crippen molar-refractivity contribution in [1.82, 2.24) is 9.13 Å². The fourth-order valence-corrected chi connectivity index (χ4v) is 2.57. The Kier molecular flexibility index (Phi) is 7.44.